The molecule has 14 heavy (non-hydrogen) atoms. The van der Waals surface area contributed by atoms with E-state index >= 15 is 0 Å². The first-order valence-corrected chi connectivity index (χ1v) is 4.07. The Labute approximate surface area is 78.9 Å². The molecule has 6 heteroatoms. The average Bonchev–Trinajstić information content (AvgIpc) is 2.85. The van der Waals surface area contributed by atoms with Crippen molar-refractivity contribution >= 4 is 11.2 Å². The second-order valence-corrected chi connectivity index (χ2v) is 2.76. The molecule has 3 aromatic rings. The lowest BCUT2D eigenvalue weighted by molar-refractivity contribution is 0.672. The fourth-order valence-corrected chi connectivity index (χ4v) is 1.30. The predicted octanol–water partition coefficient (Wildman–Crippen LogP) is 0.334. The van der Waals surface area contributed by atoms with Crippen molar-refractivity contribution in [1.29, 1.82) is 0 Å². The largest absolute Gasteiger partial charge is 0.243 e. The van der Waals surface area contributed by atoms with E-state index in [9.17, 15) is 0 Å². The molecule has 0 bridgehead atoms. The Morgan fingerprint density at radius 1 is 1.07 bits per heavy atom. The van der Waals surface area contributed by atoms with E-state index in [4.69, 9.17) is 0 Å². The van der Waals surface area contributed by atoms with Gasteiger partial charge in [0.15, 0.2) is 5.65 Å². The number of nitrogens with zero attached hydrogens (tertiary/aromatic N) is 6. The summed E-state index contributed by atoms with van der Waals surface area (Å²) in [6.07, 6.45) is 10.1. The van der Waals surface area contributed by atoms with Gasteiger partial charge in [0, 0.05) is 12.4 Å². The Morgan fingerprint density at radius 3 is 2.93 bits per heavy atom. The lowest BCUT2D eigenvalue weighted by atomic mass is 10.6. The van der Waals surface area contributed by atoms with Crippen molar-refractivity contribution < 1.29 is 0 Å². The minimum atomic E-state index is 0.762. The molecule has 0 saturated heterocycles. The van der Waals surface area contributed by atoms with Gasteiger partial charge < -0.3 is 0 Å². The summed E-state index contributed by atoms with van der Waals surface area (Å²) in [5.41, 5.74) is 1.53. The average molecular weight is 186 g/mol. The van der Waals surface area contributed by atoms with Crippen LogP contribution in [0, 0.1) is 0 Å². The van der Waals surface area contributed by atoms with Crippen LogP contribution >= 0.6 is 0 Å². The van der Waals surface area contributed by atoms with Crippen molar-refractivity contribution in [3.63, 3.8) is 0 Å². The minimum Gasteiger partial charge on any atom is -0.243 e. The third-order valence-electron chi connectivity index (χ3n) is 1.94. The zero-order valence-electron chi connectivity index (χ0n) is 7.15. The van der Waals surface area contributed by atoms with E-state index in [0.29, 0.717) is 0 Å². The van der Waals surface area contributed by atoms with Crippen LogP contribution in [0.15, 0.2) is 37.6 Å². The summed E-state index contributed by atoms with van der Waals surface area (Å²) in [6.45, 7) is 0. The summed E-state index contributed by atoms with van der Waals surface area (Å²) in [6, 6.07) is 0. The molecule has 0 unspecified atom stereocenters. The molecule has 3 aromatic heterocycles. The first-order chi connectivity index (χ1) is 6.95. The lowest BCUT2D eigenvalue weighted by Gasteiger charge is -2.01. The molecule has 0 aliphatic rings. The number of rotatable bonds is 1. The quantitative estimate of drug-likeness (QED) is 0.549. The highest BCUT2D eigenvalue weighted by molar-refractivity contribution is 5.68. The summed E-state index contributed by atoms with van der Waals surface area (Å²) in [4.78, 5) is 16.2. The summed E-state index contributed by atoms with van der Waals surface area (Å²) in [5.74, 6) is 0. The molecule has 0 N–H and O–H groups in total. The molecule has 0 aliphatic carbocycles. The first-order valence-electron chi connectivity index (χ1n) is 4.07. The summed E-state index contributed by atoms with van der Waals surface area (Å²) < 4.78 is 3.59. The van der Waals surface area contributed by atoms with E-state index < -0.39 is 0 Å². The molecule has 3 heterocycles. The number of imidazole rings is 2. The van der Waals surface area contributed by atoms with Crippen molar-refractivity contribution in [2.75, 3.05) is 0 Å². The molecule has 0 radical (unpaired) electrons. The molecule has 0 aliphatic heterocycles. The number of hydrogen-bond donors (Lipinski definition) is 0. The smallest absolute Gasteiger partial charge is 0.182 e. The molecule has 0 spiro atoms. The van der Waals surface area contributed by atoms with Gasteiger partial charge in [-0.15, -0.1) is 0 Å². The van der Waals surface area contributed by atoms with E-state index in [2.05, 4.69) is 19.9 Å². The number of aromatic nitrogens is 6. The molecule has 6 nitrogen and oxygen atoms in total. The molecule has 68 valence electrons. The lowest BCUT2D eigenvalue weighted by Crippen LogP contribution is -2.05. The van der Waals surface area contributed by atoms with Crippen LogP contribution in [0.5, 0.6) is 0 Å². The van der Waals surface area contributed by atoms with Crippen molar-refractivity contribution in [2.24, 2.45) is 0 Å². The van der Waals surface area contributed by atoms with Gasteiger partial charge in [0.25, 0.3) is 0 Å². The maximum absolute atomic E-state index is 4.16. The van der Waals surface area contributed by atoms with Gasteiger partial charge in [-0.3, -0.25) is 0 Å². The molecule has 0 amide bonds. The van der Waals surface area contributed by atoms with Crippen molar-refractivity contribution in [3.05, 3.63) is 37.6 Å². The zero-order valence-corrected chi connectivity index (χ0v) is 7.15. The third-order valence-corrected chi connectivity index (χ3v) is 1.94. The van der Waals surface area contributed by atoms with Crippen molar-refractivity contribution in [3.8, 4) is 0 Å². The van der Waals surface area contributed by atoms with Gasteiger partial charge in [-0.25, -0.2) is 29.3 Å². The highest BCUT2D eigenvalue weighted by Crippen LogP contribution is 2.06. The normalized spacial score (nSPS) is 10.9. The predicted molar refractivity (Wildman–Crippen MR) is 48.3 cm³/mol. The Hall–Kier alpha value is -2.24. The van der Waals surface area contributed by atoms with Gasteiger partial charge in [0.1, 0.15) is 24.5 Å². The van der Waals surface area contributed by atoms with E-state index in [0.717, 1.165) is 11.2 Å². The zero-order chi connectivity index (χ0) is 9.38. The van der Waals surface area contributed by atoms with Crippen LogP contribution in [-0.2, 0) is 0 Å². The van der Waals surface area contributed by atoms with Gasteiger partial charge in [-0.2, -0.15) is 0 Å². The Bertz CT molecular complexity index is 552. The molecule has 0 atom stereocenters. The second kappa shape index (κ2) is 2.63. The second-order valence-electron chi connectivity index (χ2n) is 2.76. The summed E-state index contributed by atoms with van der Waals surface area (Å²) in [5, 5.41) is 0. The topological polar surface area (TPSA) is 61.4 Å². The van der Waals surface area contributed by atoms with Gasteiger partial charge in [0.05, 0.1) is 6.20 Å². The highest BCUT2D eigenvalue weighted by Gasteiger charge is 2.03. The molecule has 3 rings (SSSR count). The molecular weight excluding hydrogens is 180 g/mol. The van der Waals surface area contributed by atoms with E-state index in [1.165, 1.54) is 6.33 Å². The SMILES string of the molecule is c1cn(-n2cnc3cncnc32)cn1. The summed E-state index contributed by atoms with van der Waals surface area (Å²) >= 11 is 0. The van der Waals surface area contributed by atoms with Gasteiger partial charge in [-0.1, -0.05) is 0 Å². The Kier molecular flexibility index (Phi) is 1.35. The standard InChI is InChI=1S/C8H6N6/c1-2-13(5-9-1)14-6-12-7-3-10-4-11-8(7)14/h1-6H. The van der Waals surface area contributed by atoms with E-state index in [-0.39, 0.29) is 0 Å². The maximum Gasteiger partial charge on any atom is 0.182 e. The van der Waals surface area contributed by atoms with Crippen LogP contribution in [0.3, 0.4) is 0 Å². The third kappa shape index (κ3) is 0.905. The van der Waals surface area contributed by atoms with Crippen LogP contribution in [0.4, 0.5) is 0 Å². The fourth-order valence-electron chi connectivity index (χ4n) is 1.30. The van der Waals surface area contributed by atoms with Crippen LogP contribution < -0.4 is 0 Å². The number of hydrogen-bond acceptors (Lipinski definition) is 4. The van der Waals surface area contributed by atoms with Crippen LogP contribution in [0.1, 0.15) is 0 Å². The van der Waals surface area contributed by atoms with Gasteiger partial charge in [-0.05, 0) is 0 Å². The van der Waals surface area contributed by atoms with Gasteiger partial charge >= 0.3 is 0 Å². The minimum absolute atomic E-state index is 0.762. The van der Waals surface area contributed by atoms with Crippen LogP contribution in [-0.4, -0.2) is 29.3 Å². The molecular formula is C8H6N6. The monoisotopic (exact) mass is 186 g/mol. The van der Waals surface area contributed by atoms with E-state index in [1.54, 1.807) is 34.4 Å². The van der Waals surface area contributed by atoms with Crippen LogP contribution in [0.25, 0.3) is 11.2 Å². The maximum atomic E-state index is 4.16. The summed E-state index contributed by atoms with van der Waals surface area (Å²) in [7, 11) is 0. The Balaban J connectivity index is 2.33. The van der Waals surface area contributed by atoms with Crippen LogP contribution in [0.2, 0.25) is 0 Å². The van der Waals surface area contributed by atoms with Gasteiger partial charge in [0.2, 0.25) is 0 Å². The Morgan fingerprint density at radius 2 is 2.07 bits per heavy atom. The molecule has 0 aromatic carbocycles. The molecule has 0 saturated carbocycles. The van der Waals surface area contributed by atoms with E-state index in [1.807, 2.05) is 6.20 Å². The fraction of sp³-hybridized carbons (Fsp3) is 0. The van der Waals surface area contributed by atoms with Crippen molar-refractivity contribution in [2.45, 2.75) is 0 Å². The highest BCUT2D eigenvalue weighted by atomic mass is 15.5. The molecule has 0 fully saturated rings. The first kappa shape index (κ1) is 7.19. The number of fused-ring (bicyclic) bond motifs is 1. The van der Waals surface area contributed by atoms with Crippen molar-refractivity contribution in [1.82, 2.24) is 29.3 Å².